The van der Waals surface area contributed by atoms with Gasteiger partial charge in [0.15, 0.2) is 0 Å². The van der Waals surface area contributed by atoms with E-state index in [4.69, 9.17) is 4.74 Å². The van der Waals surface area contributed by atoms with Gasteiger partial charge in [-0.2, -0.15) is 0 Å². The van der Waals surface area contributed by atoms with E-state index in [0.717, 1.165) is 12.8 Å². The minimum absolute atomic E-state index is 0.0361. The molecule has 1 saturated carbocycles. The highest BCUT2D eigenvalue weighted by molar-refractivity contribution is 5.92. The number of piperidine rings is 1. The number of nitrogens with one attached hydrogen (secondary N) is 1. The largest absolute Gasteiger partial charge is 0.377 e. The summed E-state index contributed by atoms with van der Waals surface area (Å²) >= 11 is 0. The van der Waals surface area contributed by atoms with Crippen molar-refractivity contribution in [2.75, 3.05) is 19.7 Å². The molecule has 1 aromatic rings. The van der Waals surface area contributed by atoms with E-state index in [1.165, 1.54) is 11.0 Å². The third-order valence-electron chi connectivity index (χ3n) is 5.06. The zero-order valence-corrected chi connectivity index (χ0v) is 13.2. The SMILES string of the molecule is Cn1cnc(C(=O)N2CC[C@H]3OCC[C@@]3(C(=O)NC3CC3)C2)n1. The number of amides is 2. The van der Waals surface area contributed by atoms with Gasteiger partial charge in [-0.05, 0) is 25.7 Å². The van der Waals surface area contributed by atoms with E-state index in [0.29, 0.717) is 38.6 Å². The maximum Gasteiger partial charge on any atom is 0.293 e. The predicted octanol–water partition coefficient (Wildman–Crippen LogP) is -0.285. The normalized spacial score (nSPS) is 30.1. The van der Waals surface area contributed by atoms with Gasteiger partial charge in [0.1, 0.15) is 6.33 Å². The second-order valence-electron chi connectivity index (χ2n) is 6.77. The van der Waals surface area contributed by atoms with Crippen LogP contribution in [-0.4, -0.2) is 63.3 Å². The molecule has 0 bridgehead atoms. The summed E-state index contributed by atoms with van der Waals surface area (Å²) in [6.45, 7) is 1.53. The van der Waals surface area contributed by atoms with E-state index in [1.807, 2.05) is 0 Å². The first-order chi connectivity index (χ1) is 11.1. The van der Waals surface area contributed by atoms with Crippen LogP contribution in [-0.2, 0) is 16.6 Å². The van der Waals surface area contributed by atoms with Crippen LogP contribution < -0.4 is 5.32 Å². The van der Waals surface area contributed by atoms with Crippen molar-refractivity contribution in [2.24, 2.45) is 12.5 Å². The minimum Gasteiger partial charge on any atom is -0.377 e. The first kappa shape index (κ1) is 14.6. The van der Waals surface area contributed by atoms with Gasteiger partial charge >= 0.3 is 0 Å². The van der Waals surface area contributed by atoms with Crippen molar-refractivity contribution in [1.82, 2.24) is 25.0 Å². The van der Waals surface area contributed by atoms with Gasteiger partial charge in [0.2, 0.25) is 11.7 Å². The summed E-state index contributed by atoms with van der Waals surface area (Å²) in [6, 6.07) is 0.307. The van der Waals surface area contributed by atoms with Crippen LogP contribution in [0, 0.1) is 5.41 Å². The standard InChI is InChI=1S/C15H21N5O3/c1-19-9-16-12(18-19)13(21)20-6-4-11-15(8-20,5-7-23-11)14(22)17-10-2-3-10/h9-11H,2-8H2,1H3,(H,17,22)/t11-,15-/m1/s1. The van der Waals surface area contributed by atoms with E-state index in [-0.39, 0.29) is 23.7 Å². The molecule has 2 atom stereocenters. The maximum atomic E-state index is 12.8. The summed E-state index contributed by atoms with van der Waals surface area (Å²) in [5, 5.41) is 7.18. The van der Waals surface area contributed by atoms with E-state index < -0.39 is 5.41 Å². The van der Waals surface area contributed by atoms with Crippen LogP contribution in [0.5, 0.6) is 0 Å². The van der Waals surface area contributed by atoms with Crippen LogP contribution in [0.1, 0.15) is 36.3 Å². The lowest BCUT2D eigenvalue weighted by Gasteiger charge is -2.42. The number of carbonyl (C=O) groups excluding carboxylic acids is 2. The molecule has 2 amide bonds. The van der Waals surface area contributed by atoms with Gasteiger partial charge in [0.05, 0.1) is 11.5 Å². The molecule has 0 radical (unpaired) electrons. The molecule has 0 spiro atoms. The van der Waals surface area contributed by atoms with Gasteiger partial charge in [-0.25, -0.2) is 4.98 Å². The summed E-state index contributed by atoms with van der Waals surface area (Å²) < 4.78 is 7.30. The number of nitrogens with zero attached hydrogens (tertiary/aromatic N) is 4. The zero-order chi connectivity index (χ0) is 16.0. The van der Waals surface area contributed by atoms with Crippen LogP contribution in [0.15, 0.2) is 6.33 Å². The molecular formula is C15H21N5O3. The van der Waals surface area contributed by atoms with Crippen LogP contribution in [0.25, 0.3) is 0 Å². The van der Waals surface area contributed by atoms with Gasteiger partial charge in [-0.1, -0.05) is 0 Å². The van der Waals surface area contributed by atoms with Gasteiger partial charge in [0.25, 0.3) is 5.91 Å². The third kappa shape index (κ3) is 2.50. The molecular weight excluding hydrogens is 298 g/mol. The molecule has 1 aliphatic carbocycles. The topological polar surface area (TPSA) is 89.4 Å². The molecule has 124 valence electrons. The second-order valence-corrected chi connectivity index (χ2v) is 6.77. The average Bonchev–Trinajstić information content (AvgIpc) is 3.09. The molecule has 1 aromatic heterocycles. The van der Waals surface area contributed by atoms with Crippen LogP contribution in [0.2, 0.25) is 0 Å². The van der Waals surface area contributed by atoms with Gasteiger partial charge < -0.3 is 15.0 Å². The highest BCUT2D eigenvalue weighted by Crippen LogP contribution is 2.42. The third-order valence-corrected chi connectivity index (χ3v) is 5.06. The molecule has 23 heavy (non-hydrogen) atoms. The second kappa shape index (κ2) is 5.30. The smallest absolute Gasteiger partial charge is 0.293 e. The predicted molar refractivity (Wildman–Crippen MR) is 79.5 cm³/mol. The highest BCUT2D eigenvalue weighted by Gasteiger charge is 2.54. The monoisotopic (exact) mass is 319 g/mol. The van der Waals surface area contributed by atoms with E-state index in [2.05, 4.69) is 15.4 Å². The zero-order valence-electron chi connectivity index (χ0n) is 13.2. The van der Waals surface area contributed by atoms with E-state index in [9.17, 15) is 9.59 Å². The number of fused-ring (bicyclic) bond motifs is 1. The number of hydrogen-bond acceptors (Lipinski definition) is 5. The lowest BCUT2D eigenvalue weighted by atomic mass is 9.75. The minimum atomic E-state index is -0.620. The van der Waals surface area contributed by atoms with Crippen molar-refractivity contribution >= 4 is 11.8 Å². The Morgan fingerprint density at radius 3 is 2.91 bits per heavy atom. The molecule has 3 heterocycles. The Morgan fingerprint density at radius 2 is 2.22 bits per heavy atom. The van der Waals surface area contributed by atoms with Crippen molar-refractivity contribution in [3.8, 4) is 0 Å². The summed E-state index contributed by atoms with van der Waals surface area (Å²) in [5.41, 5.74) is -0.620. The number of aryl methyl sites for hydroxylation is 1. The number of likely N-dealkylation sites (tertiary alicyclic amines) is 1. The Balaban J connectivity index is 1.55. The Labute approximate surface area is 134 Å². The number of carbonyl (C=O) groups is 2. The summed E-state index contributed by atoms with van der Waals surface area (Å²) in [4.78, 5) is 31.1. The fourth-order valence-electron chi connectivity index (χ4n) is 3.58. The first-order valence-corrected chi connectivity index (χ1v) is 8.16. The van der Waals surface area contributed by atoms with Crippen molar-refractivity contribution in [1.29, 1.82) is 0 Å². The van der Waals surface area contributed by atoms with Crippen LogP contribution in [0.4, 0.5) is 0 Å². The molecule has 2 aliphatic heterocycles. The van der Waals surface area contributed by atoms with Gasteiger partial charge in [0, 0.05) is 32.8 Å². The molecule has 8 nitrogen and oxygen atoms in total. The van der Waals surface area contributed by atoms with Crippen molar-refractivity contribution < 1.29 is 14.3 Å². The average molecular weight is 319 g/mol. The summed E-state index contributed by atoms with van der Waals surface area (Å²) in [6.07, 6.45) is 4.85. The summed E-state index contributed by atoms with van der Waals surface area (Å²) in [5.74, 6) is 0.00569. The van der Waals surface area contributed by atoms with Crippen molar-refractivity contribution in [2.45, 2.75) is 37.8 Å². The fraction of sp³-hybridized carbons (Fsp3) is 0.733. The van der Waals surface area contributed by atoms with Gasteiger partial charge in [-0.15, -0.1) is 5.10 Å². The van der Waals surface area contributed by atoms with Gasteiger partial charge in [-0.3, -0.25) is 14.3 Å². The lowest BCUT2D eigenvalue weighted by Crippen LogP contribution is -2.58. The number of rotatable bonds is 3. The van der Waals surface area contributed by atoms with E-state index >= 15 is 0 Å². The molecule has 0 unspecified atom stereocenters. The number of aromatic nitrogens is 3. The highest BCUT2D eigenvalue weighted by atomic mass is 16.5. The maximum absolute atomic E-state index is 12.8. The molecule has 0 aromatic carbocycles. The number of hydrogen-bond donors (Lipinski definition) is 1. The molecule has 3 fully saturated rings. The Bertz CT molecular complexity index is 641. The lowest BCUT2D eigenvalue weighted by molar-refractivity contribution is -0.138. The molecule has 4 rings (SSSR count). The van der Waals surface area contributed by atoms with Crippen molar-refractivity contribution in [3.05, 3.63) is 12.2 Å². The van der Waals surface area contributed by atoms with E-state index in [1.54, 1.807) is 11.9 Å². The molecule has 3 aliphatic rings. The molecule has 2 saturated heterocycles. The fourth-order valence-corrected chi connectivity index (χ4v) is 3.58. The molecule has 1 N–H and O–H groups in total. The van der Waals surface area contributed by atoms with Crippen LogP contribution >= 0.6 is 0 Å². The first-order valence-electron chi connectivity index (χ1n) is 8.16. The Kier molecular flexibility index (Phi) is 3.37. The van der Waals surface area contributed by atoms with Crippen LogP contribution in [0.3, 0.4) is 0 Å². The molecule has 8 heteroatoms. The van der Waals surface area contributed by atoms with Crippen molar-refractivity contribution in [3.63, 3.8) is 0 Å². The quantitative estimate of drug-likeness (QED) is 0.827. The summed E-state index contributed by atoms with van der Waals surface area (Å²) in [7, 11) is 1.73. The number of ether oxygens (including phenoxy) is 1. The Hall–Kier alpha value is -1.96. The Morgan fingerprint density at radius 1 is 1.39 bits per heavy atom.